The van der Waals surface area contributed by atoms with Crippen molar-refractivity contribution in [2.45, 2.75) is 13.8 Å². The minimum absolute atomic E-state index is 0.142. The molecule has 1 amide bonds. The van der Waals surface area contributed by atoms with Gasteiger partial charge in [-0.25, -0.2) is 8.42 Å². The highest BCUT2D eigenvalue weighted by atomic mass is 79.9. The number of sulfonamides is 1. The molecule has 1 N–H and O–H groups in total. The van der Waals surface area contributed by atoms with Crippen LogP contribution in [0.15, 0.2) is 22.7 Å². The Labute approximate surface area is 152 Å². The second-order valence-electron chi connectivity index (χ2n) is 6.19. The number of halogens is 1. The zero-order valence-corrected chi connectivity index (χ0v) is 16.8. The van der Waals surface area contributed by atoms with Gasteiger partial charge in [-0.3, -0.25) is 9.10 Å². The Balaban J connectivity index is 2.15. The molecule has 0 radical (unpaired) electrons. The first kappa shape index (κ1) is 19.2. The van der Waals surface area contributed by atoms with E-state index >= 15 is 0 Å². The molecule has 1 heterocycles. The van der Waals surface area contributed by atoms with Gasteiger partial charge in [-0.15, -0.1) is 0 Å². The van der Waals surface area contributed by atoms with E-state index in [4.69, 9.17) is 0 Å². The summed E-state index contributed by atoms with van der Waals surface area (Å²) in [7, 11) is -3.53. The molecule has 6 nitrogen and oxygen atoms in total. The summed E-state index contributed by atoms with van der Waals surface area (Å²) >= 11 is 3.41. The highest BCUT2D eigenvalue weighted by molar-refractivity contribution is 9.10. The van der Waals surface area contributed by atoms with Gasteiger partial charge in [-0.2, -0.15) is 0 Å². The van der Waals surface area contributed by atoms with Crippen LogP contribution in [0.25, 0.3) is 0 Å². The third kappa shape index (κ3) is 4.70. The summed E-state index contributed by atoms with van der Waals surface area (Å²) in [4.78, 5) is 15.8. The molecule has 1 aliphatic rings. The van der Waals surface area contributed by atoms with Crippen LogP contribution < -0.4 is 9.21 Å². The van der Waals surface area contributed by atoms with Crippen LogP contribution in [0.5, 0.6) is 0 Å². The fourth-order valence-corrected chi connectivity index (χ4v) is 3.92. The topological polar surface area (TPSA) is 62.1 Å². The Morgan fingerprint density at radius 2 is 1.96 bits per heavy atom. The lowest BCUT2D eigenvalue weighted by Crippen LogP contribution is -3.14. The minimum atomic E-state index is -3.53. The number of hydrogen-bond donors (Lipinski definition) is 1. The van der Waals surface area contributed by atoms with Crippen LogP contribution >= 0.6 is 15.9 Å². The predicted octanol–water partition coefficient (Wildman–Crippen LogP) is 0.271. The maximum absolute atomic E-state index is 12.6. The molecular formula is C16H25BrN3O3S+. The summed E-state index contributed by atoms with van der Waals surface area (Å²) in [6, 6.07) is 5.29. The van der Waals surface area contributed by atoms with Gasteiger partial charge < -0.3 is 9.80 Å². The molecule has 0 atom stereocenters. The van der Waals surface area contributed by atoms with Crippen molar-refractivity contribution in [3.63, 3.8) is 0 Å². The lowest BCUT2D eigenvalue weighted by molar-refractivity contribution is -0.902. The first-order valence-corrected chi connectivity index (χ1v) is 10.7. The molecule has 1 aromatic carbocycles. The van der Waals surface area contributed by atoms with Gasteiger partial charge in [0.05, 0.1) is 44.7 Å². The highest BCUT2D eigenvalue weighted by Crippen LogP contribution is 2.24. The molecule has 24 heavy (non-hydrogen) atoms. The smallest absolute Gasteiger partial charge is 0.243 e. The van der Waals surface area contributed by atoms with Crippen molar-refractivity contribution in [1.82, 2.24) is 4.90 Å². The van der Waals surface area contributed by atoms with Crippen molar-refractivity contribution in [3.8, 4) is 0 Å². The summed E-state index contributed by atoms with van der Waals surface area (Å²) in [6.45, 7) is 8.11. The molecule has 1 aromatic rings. The molecule has 0 aliphatic carbocycles. The maximum Gasteiger partial charge on any atom is 0.243 e. The van der Waals surface area contributed by atoms with Crippen LogP contribution in [0.2, 0.25) is 0 Å². The largest absolute Gasteiger partial charge is 0.332 e. The summed E-state index contributed by atoms with van der Waals surface area (Å²) in [6.07, 6.45) is 1.14. The number of carbonyl (C=O) groups excluding carboxylic acids is 1. The van der Waals surface area contributed by atoms with Gasteiger partial charge in [-0.1, -0.05) is 15.9 Å². The second-order valence-corrected chi connectivity index (χ2v) is 8.95. The van der Waals surface area contributed by atoms with Crippen molar-refractivity contribution in [2.75, 3.05) is 49.8 Å². The number of hydrogen-bond acceptors (Lipinski definition) is 3. The van der Waals surface area contributed by atoms with E-state index in [9.17, 15) is 13.2 Å². The Morgan fingerprint density at radius 3 is 2.46 bits per heavy atom. The molecule has 0 bridgehead atoms. The maximum atomic E-state index is 12.6. The molecule has 2 rings (SSSR count). The highest BCUT2D eigenvalue weighted by Gasteiger charge is 2.27. The first-order valence-electron chi connectivity index (χ1n) is 8.07. The van der Waals surface area contributed by atoms with E-state index in [0.717, 1.165) is 35.9 Å². The molecule has 0 saturated carbocycles. The Hall–Kier alpha value is -1.12. The van der Waals surface area contributed by atoms with Crippen LogP contribution in [0, 0.1) is 6.92 Å². The first-order chi connectivity index (χ1) is 11.2. The normalized spacial score (nSPS) is 16.2. The monoisotopic (exact) mass is 418 g/mol. The average Bonchev–Trinajstić information content (AvgIpc) is 2.54. The van der Waals surface area contributed by atoms with E-state index in [1.807, 2.05) is 6.92 Å². The SMILES string of the molecule is CC[NH+]1CCN(C(=O)CN(c2ccc(Br)c(C)c2)S(C)(=O)=O)CC1. The van der Waals surface area contributed by atoms with E-state index < -0.39 is 10.0 Å². The zero-order chi connectivity index (χ0) is 17.9. The fraction of sp³-hybridized carbons (Fsp3) is 0.562. The molecular weight excluding hydrogens is 394 g/mol. The number of benzene rings is 1. The molecule has 0 unspecified atom stereocenters. The number of aryl methyl sites for hydroxylation is 1. The quantitative estimate of drug-likeness (QED) is 0.746. The number of carbonyl (C=O) groups is 1. The average molecular weight is 419 g/mol. The van der Waals surface area contributed by atoms with Gasteiger partial charge in [0.15, 0.2) is 0 Å². The Morgan fingerprint density at radius 1 is 1.33 bits per heavy atom. The van der Waals surface area contributed by atoms with Crippen LogP contribution in [-0.2, 0) is 14.8 Å². The van der Waals surface area contributed by atoms with Gasteiger partial charge in [0, 0.05) is 4.47 Å². The third-order valence-corrected chi connectivity index (χ3v) is 6.46. The fourth-order valence-electron chi connectivity index (χ4n) is 2.83. The van der Waals surface area contributed by atoms with E-state index in [1.165, 1.54) is 9.21 Å². The number of nitrogens with one attached hydrogen (secondary N) is 1. The van der Waals surface area contributed by atoms with E-state index in [0.29, 0.717) is 18.8 Å². The van der Waals surface area contributed by atoms with Crippen molar-refractivity contribution in [2.24, 2.45) is 0 Å². The van der Waals surface area contributed by atoms with Crippen molar-refractivity contribution in [1.29, 1.82) is 0 Å². The number of likely N-dealkylation sites (N-methyl/N-ethyl adjacent to an activating group) is 1. The summed E-state index contributed by atoms with van der Waals surface area (Å²) < 4.78 is 26.5. The molecule has 8 heteroatoms. The van der Waals surface area contributed by atoms with Crippen LogP contribution in [0.4, 0.5) is 5.69 Å². The molecule has 1 saturated heterocycles. The molecule has 134 valence electrons. The number of rotatable bonds is 5. The van der Waals surface area contributed by atoms with Gasteiger partial charge >= 0.3 is 0 Å². The van der Waals surface area contributed by atoms with E-state index in [-0.39, 0.29) is 12.5 Å². The van der Waals surface area contributed by atoms with Gasteiger partial charge in [0.2, 0.25) is 15.9 Å². The lowest BCUT2D eigenvalue weighted by atomic mass is 10.2. The molecule has 0 spiro atoms. The summed E-state index contributed by atoms with van der Waals surface area (Å²) in [5.41, 5.74) is 1.44. The Kier molecular flexibility index (Phi) is 6.28. The van der Waals surface area contributed by atoms with Crippen LogP contribution in [0.1, 0.15) is 12.5 Å². The number of quaternary nitrogens is 1. The van der Waals surface area contributed by atoms with E-state index in [1.54, 1.807) is 23.1 Å². The van der Waals surface area contributed by atoms with Crippen molar-refractivity contribution >= 4 is 37.5 Å². The molecule has 1 aliphatic heterocycles. The van der Waals surface area contributed by atoms with Crippen LogP contribution in [0.3, 0.4) is 0 Å². The summed E-state index contributed by atoms with van der Waals surface area (Å²) in [5, 5.41) is 0. The predicted molar refractivity (Wildman–Crippen MR) is 98.9 cm³/mol. The van der Waals surface area contributed by atoms with Crippen molar-refractivity contribution < 1.29 is 18.1 Å². The second kappa shape index (κ2) is 7.84. The number of nitrogens with zero attached hydrogens (tertiary/aromatic N) is 2. The number of amides is 1. The van der Waals surface area contributed by atoms with Gasteiger partial charge in [0.1, 0.15) is 6.54 Å². The third-order valence-electron chi connectivity index (χ3n) is 4.43. The summed E-state index contributed by atoms with van der Waals surface area (Å²) in [5.74, 6) is -0.142. The van der Waals surface area contributed by atoms with Crippen LogP contribution in [-0.4, -0.2) is 64.7 Å². The lowest BCUT2D eigenvalue weighted by Gasteiger charge is -2.33. The molecule has 1 fully saturated rings. The van der Waals surface area contributed by atoms with E-state index in [2.05, 4.69) is 22.9 Å². The Bertz CT molecular complexity index is 701. The number of piperazine rings is 1. The van der Waals surface area contributed by atoms with Gasteiger partial charge in [0.25, 0.3) is 0 Å². The standard InChI is InChI=1S/C16H24BrN3O3S/c1-4-18-7-9-19(10-8-18)16(21)12-20(24(3,22)23)14-5-6-15(17)13(2)11-14/h5-6,11H,4,7-10,12H2,1-3H3/p+1. The minimum Gasteiger partial charge on any atom is -0.332 e. The van der Waals surface area contributed by atoms with Crippen molar-refractivity contribution in [3.05, 3.63) is 28.2 Å². The molecule has 0 aromatic heterocycles. The zero-order valence-electron chi connectivity index (χ0n) is 14.4. The number of anilines is 1. The van der Waals surface area contributed by atoms with Gasteiger partial charge in [-0.05, 0) is 37.6 Å².